The highest BCUT2D eigenvalue weighted by molar-refractivity contribution is 5.82. The summed E-state index contributed by atoms with van der Waals surface area (Å²) in [5.41, 5.74) is 5.71. The first kappa shape index (κ1) is 13.5. The number of hydrogen-bond donors (Lipinski definition) is 2. The molecule has 1 aliphatic heterocycles. The maximum absolute atomic E-state index is 7.70. The van der Waals surface area contributed by atoms with Crippen LogP contribution in [0.3, 0.4) is 0 Å². The highest BCUT2D eigenvalue weighted by Crippen LogP contribution is 2.17. The molecule has 0 saturated carbocycles. The van der Waals surface area contributed by atoms with Crippen LogP contribution in [-0.2, 0) is 0 Å². The second-order valence-corrected chi connectivity index (χ2v) is 4.80. The van der Waals surface area contributed by atoms with Crippen molar-refractivity contribution >= 4 is 5.84 Å². The average molecular weight is 226 g/mol. The summed E-state index contributed by atoms with van der Waals surface area (Å²) >= 11 is 0. The van der Waals surface area contributed by atoms with Crippen molar-refractivity contribution in [2.24, 2.45) is 5.73 Å². The fraction of sp³-hybridized carbons (Fsp3) is 0.917. The first-order valence-electron chi connectivity index (χ1n) is 6.38. The van der Waals surface area contributed by atoms with Gasteiger partial charge >= 0.3 is 0 Å². The monoisotopic (exact) mass is 226 g/mol. The molecule has 4 heteroatoms. The van der Waals surface area contributed by atoms with Crippen molar-refractivity contribution in [2.45, 2.75) is 45.2 Å². The second kappa shape index (κ2) is 6.21. The fourth-order valence-corrected chi connectivity index (χ4v) is 2.67. The van der Waals surface area contributed by atoms with E-state index in [1.165, 1.54) is 6.42 Å². The molecule has 1 heterocycles. The third-order valence-electron chi connectivity index (χ3n) is 3.56. The Bertz CT molecular complexity index is 229. The number of hydrogen-bond acceptors (Lipinski definition) is 3. The van der Waals surface area contributed by atoms with E-state index in [0.717, 1.165) is 32.5 Å². The van der Waals surface area contributed by atoms with Gasteiger partial charge in [0.15, 0.2) is 0 Å². The smallest absolute Gasteiger partial charge is 0.108 e. The van der Waals surface area contributed by atoms with Gasteiger partial charge in [-0.3, -0.25) is 10.3 Å². The van der Waals surface area contributed by atoms with Gasteiger partial charge in [0, 0.05) is 19.1 Å². The Morgan fingerprint density at radius 1 is 1.44 bits per heavy atom. The van der Waals surface area contributed by atoms with E-state index in [1.807, 2.05) is 0 Å². The van der Waals surface area contributed by atoms with Crippen molar-refractivity contribution in [3.8, 4) is 0 Å². The van der Waals surface area contributed by atoms with Crippen molar-refractivity contribution in [1.82, 2.24) is 9.80 Å². The van der Waals surface area contributed by atoms with Gasteiger partial charge in [-0.05, 0) is 32.9 Å². The molecule has 0 aromatic rings. The Hall–Kier alpha value is -0.610. The largest absolute Gasteiger partial charge is 0.386 e. The molecule has 1 fully saturated rings. The molecule has 0 bridgehead atoms. The van der Waals surface area contributed by atoms with Gasteiger partial charge in [0.05, 0.1) is 6.04 Å². The summed E-state index contributed by atoms with van der Waals surface area (Å²) in [6.07, 6.45) is 3.25. The molecule has 0 spiro atoms. The first-order valence-corrected chi connectivity index (χ1v) is 6.38. The lowest BCUT2D eigenvalue weighted by molar-refractivity contribution is 0.156. The number of rotatable bonds is 4. The van der Waals surface area contributed by atoms with Crippen LogP contribution in [0.4, 0.5) is 0 Å². The van der Waals surface area contributed by atoms with E-state index in [0.29, 0.717) is 11.9 Å². The molecule has 4 nitrogen and oxygen atoms in total. The van der Waals surface area contributed by atoms with Gasteiger partial charge in [0.25, 0.3) is 0 Å². The van der Waals surface area contributed by atoms with E-state index in [4.69, 9.17) is 11.1 Å². The first-order chi connectivity index (χ1) is 7.60. The maximum Gasteiger partial charge on any atom is 0.108 e. The fourth-order valence-electron chi connectivity index (χ4n) is 2.67. The molecule has 94 valence electrons. The van der Waals surface area contributed by atoms with E-state index in [9.17, 15) is 0 Å². The highest BCUT2D eigenvalue weighted by Gasteiger charge is 2.28. The van der Waals surface area contributed by atoms with Crippen molar-refractivity contribution in [2.75, 3.05) is 26.7 Å². The van der Waals surface area contributed by atoms with Crippen molar-refractivity contribution < 1.29 is 0 Å². The minimum atomic E-state index is 0.136. The molecule has 1 rings (SSSR count). The number of nitrogens with one attached hydrogen (secondary N) is 1. The summed E-state index contributed by atoms with van der Waals surface area (Å²) in [4.78, 5) is 4.83. The molecule has 3 N–H and O–H groups in total. The predicted octanol–water partition coefficient (Wildman–Crippen LogP) is 1.12. The van der Waals surface area contributed by atoms with Gasteiger partial charge in [-0.25, -0.2) is 0 Å². The standard InChI is InChI=1S/C12H26N4/c1-4-10-9-15(3)7-6-8-16(10)11(5-2)12(13)14/h10-11H,4-9H2,1-3H3,(H3,13,14). The van der Waals surface area contributed by atoms with E-state index in [-0.39, 0.29) is 6.04 Å². The van der Waals surface area contributed by atoms with Gasteiger partial charge in [-0.2, -0.15) is 0 Å². The van der Waals surface area contributed by atoms with Crippen LogP contribution in [0.1, 0.15) is 33.1 Å². The summed E-state index contributed by atoms with van der Waals surface area (Å²) < 4.78 is 0. The summed E-state index contributed by atoms with van der Waals surface area (Å²) in [5, 5.41) is 7.70. The number of nitrogens with two attached hydrogens (primary N) is 1. The van der Waals surface area contributed by atoms with Gasteiger partial charge in [-0.15, -0.1) is 0 Å². The highest BCUT2D eigenvalue weighted by atomic mass is 15.3. The lowest BCUT2D eigenvalue weighted by Gasteiger charge is -2.36. The third-order valence-corrected chi connectivity index (χ3v) is 3.56. The lowest BCUT2D eigenvalue weighted by Crippen LogP contribution is -2.51. The second-order valence-electron chi connectivity index (χ2n) is 4.80. The van der Waals surface area contributed by atoms with E-state index in [2.05, 4.69) is 30.7 Å². The van der Waals surface area contributed by atoms with E-state index in [1.54, 1.807) is 0 Å². The summed E-state index contributed by atoms with van der Waals surface area (Å²) in [6.45, 7) is 7.67. The Balaban J connectivity index is 2.77. The van der Waals surface area contributed by atoms with Gasteiger partial charge in [0.1, 0.15) is 5.84 Å². The molecule has 0 amide bonds. The zero-order valence-electron chi connectivity index (χ0n) is 10.9. The number of nitrogens with zero attached hydrogens (tertiary/aromatic N) is 2. The molecular weight excluding hydrogens is 200 g/mol. The minimum Gasteiger partial charge on any atom is -0.386 e. The summed E-state index contributed by atoms with van der Waals surface area (Å²) in [6, 6.07) is 0.679. The van der Waals surface area contributed by atoms with Crippen molar-refractivity contribution in [1.29, 1.82) is 5.41 Å². The molecule has 1 aliphatic rings. The topological polar surface area (TPSA) is 56.4 Å². The van der Waals surface area contributed by atoms with Crippen LogP contribution in [-0.4, -0.2) is 54.4 Å². The maximum atomic E-state index is 7.70. The van der Waals surface area contributed by atoms with Crippen LogP contribution in [0.25, 0.3) is 0 Å². The molecule has 1 saturated heterocycles. The van der Waals surface area contributed by atoms with Crippen LogP contribution in [0.2, 0.25) is 0 Å². The zero-order valence-corrected chi connectivity index (χ0v) is 10.9. The van der Waals surface area contributed by atoms with E-state index >= 15 is 0 Å². The van der Waals surface area contributed by atoms with Gasteiger partial charge < -0.3 is 10.6 Å². The Morgan fingerprint density at radius 3 is 2.62 bits per heavy atom. The molecular formula is C12H26N4. The third kappa shape index (κ3) is 3.19. The summed E-state index contributed by atoms with van der Waals surface area (Å²) in [5.74, 6) is 0.325. The van der Waals surface area contributed by atoms with Crippen molar-refractivity contribution in [3.63, 3.8) is 0 Å². The molecule has 0 aromatic carbocycles. The minimum absolute atomic E-state index is 0.136. The number of likely N-dealkylation sites (N-methyl/N-ethyl adjacent to an activating group) is 1. The van der Waals surface area contributed by atoms with Crippen LogP contribution in [0, 0.1) is 5.41 Å². The van der Waals surface area contributed by atoms with Gasteiger partial charge in [0.2, 0.25) is 0 Å². The molecule has 16 heavy (non-hydrogen) atoms. The Kier molecular flexibility index (Phi) is 5.22. The Labute approximate surface area is 99.3 Å². The predicted molar refractivity (Wildman–Crippen MR) is 68.9 cm³/mol. The normalized spacial score (nSPS) is 26.3. The number of amidine groups is 1. The summed E-state index contributed by atoms with van der Waals surface area (Å²) in [7, 11) is 2.18. The zero-order chi connectivity index (χ0) is 12.1. The molecule has 0 radical (unpaired) electrons. The van der Waals surface area contributed by atoms with Crippen LogP contribution in [0.5, 0.6) is 0 Å². The molecule has 0 aliphatic carbocycles. The van der Waals surface area contributed by atoms with Crippen LogP contribution in [0.15, 0.2) is 0 Å². The molecule has 0 aromatic heterocycles. The Morgan fingerprint density at radius 2 is 2.12 bits per heavy atom. The van der Waals surface area contributed by atoms with Crippen molar-refractivity contribution in [3.05, 3.63) is 0 Å². The van der Waals surface area contributed by atoms with Gasteiger partial charge in [-0.1, -0.05) is 13.8 Å². The SMILES string of the molecule is CCC1CN(C)CCCN1C(CC)C(=N)N. The lowest BCUT2D eigenvalue weighted by atomic mass is 10.1. The molecule has 2 atom stereocenters. The van der Waals surface area contributed by atoms with E-state index < -0.39 is 0 Å². The quantitative estimate of drug-likeness (QED) is 0.558. The molecule has 2 unspecified atom stereocenters. The van der Waals surface area contributed by atoms with Crippen LogP contribution < -0.4 is 5.73 Å². The average Bonchev–Trinajstić information content (AvgIpc) is 2.41. The van der Waals surface area contributed by atoms with Crippen LogP contribution >= 0.6 is 0 Å².